The highest BCUT2D eigenvalue weighted by Gasteiger charge is 2.29. The number of benzene rings is 1. The second-order valence-corrected chi connectivity index (χ2v) is 10.2. The molecule has 0 atom stereocenters. The van der Waals surface area contributed by atoms with E-state index in [2.05, 4.69) is 15.1 Å². The monoisotopic (exact) mass is 479 g/mol. The van der Waals surface area contributed by atoms with Crippen LogP contribution in [0.5, 0.6) is 5.75 Å². The van der Waals surface area contributed by atoms with Gasteiger partial charge < -0.3 is 30.5 Å². The molecular weight excluding hydrogens is 446 g/mol. The van der Waals surface area contributed by atoms with E-state index in [1.165, 1.54) is 12.8 Å². The van der Waals surface area contributed by atoms with Crippen LogP contribution in [0.1, 0.15) is 41.6 Å². The third kappa shape index (κ3) is 5.07. The van der Waals surface area contributed by atoms with Gasteiger partial charge in [0.05, 0.1) is 22.9 Å². The van der Waals surface area contributed by atoms with E-state index in [1.807, 2.05) is 19.0 Å². The standard InChI is InChI=1S/C23H34ClN5O2S/c1-27(2)23(32)29-10-3-15(4-11-29)14-28-8-5-16(6-9-28)26-22(30)18-13-19(24)20(25)17-7-12-31-21(17)18/h13,15-16H,3-12,14,25H2,1-2H3,(H,26,30). The number of nitrogens with two attached hydrogens (primary N) is 1. The molecule has 0 spiro atoms. The Morgan fingerprint density at radius 1 is 1.25 bits per heavy atom. The first-order valence-corrected chi connectivity index (χ1v) is 12.3. The number of ether oxygens (including phenoxy) is 1. The maximum absolute atomic E-state index is 12.9. The number of carbonyl (C=O) groups excluding carboxylic acids is 1. The number of carbonyl (C=O) groups is 1. The SMILES string of the molecule is CN(C)C(=S)N1CCC(CN2CCC(NC(=O)c3cc(Cl)c(N)c4c3OCC4)CC2)CC1. The molecule has 3 heterocycles. The molecule has 3 aliphatic rings. The average molecular weight is 480 g/mol. The van der Waals surface area contributed by atoms with Crippen LogP contribution >= 0.6 is 23.8 Å². The quantitative estimate of drug-likeness (QED) is 0.508. The van der Waals surface area contributed by atoms with Crippen molar-refractivity contribution in [3.8, 4) is 5.75 Å². The van der Waals surface area contributed by atoms with E-state index >= 15 is 0 Å². The normalized spacial score (nSPS) is 20.0. The van der Waals surface area contributed by atoms with E-state index in [-0.39, 0.29) is 11.9 Å². The molecule has 4 rings (SSSR count). The van der Waals surface area contributed by atoms with Gasteiger partial charge in [-0.25, -0.2) is 0 Å². The third-order valence-corrected chi connectivity index (χ3v) is 7.86. The van der Waals surface area contributed by atoms with Crippen molar-refractivity contribution in [3.63, 3.8) is 0 Å². The van der Waals surface area contributed by atoms with Crippen LogP contribution in [0.3, 0.4) is 0 Å². The summed E-state index contributed by atoms with van der Waals surface area (Å²) >= 11 is 11.8. The summed E-state index contributed by atoms with van der Waals surface area (Å²) in [6.07, 6.45) is 4.99. The molecule has 0 radical (unpaired) electrons. The van der Waals surface area contributed by atoms with Crippen molar-refractivity contribution in [2.75, 3.05) is 59.2 Å². The number of halogens is 1. The maximum Gasteiger partial charge on any atom is 0.255 e. The predicted molar refractivity (Wildman–Crippen MR) is 133 cm³/mol. The summed E-state index contributed by atoms with van der Waals surface area (Å²) in [5.41, 5.74) is 7.94. The number of thiocarbonyl (C=S) groups is 1. The third-order valence-electron chi connectivity index (χ3n) is 6.92. The lowest BCUT2D eigenvalue weighted by molar-refractivity contribution is 0.0895. The Bertz CT molecular complexity index is 864. The summed E-state index contributed by atoms with van der Waals surface area (Å²) in [5.74, 6) is 1.20. The molecule has 0 saturated carbocycles. The molecule has 0 aromatic heterocycles. The fraction of sp³-hybridized carbons (Fsp3) is 0.652. The van der Waals surface area contributed by atoms with Crippen LogP contribution in [-0.4, -0.2) is 85.2 Å². The Morgan fingerprint density at radius 2 is 1.94 bits per heavy atom. The van der Waals surface area contributed by atoms with Crippen LogP contribution in [0.4, 0.5) is 5.69 Å². The minimum absolute atomic E-state index is 0.118. The van der Waals surface area contributed by atoms with Gasteiger partial charge >= 0.3 is 0 Å². The lowest BCUT2D eigenvalue weighted by Crippen LogP contribution is -2.48. The fourth-order valence-electron chi connectivity index (χ4n) is 5.01. The van der Waals surface area contributed by atoms with Crippen molar-refractivity contribution < 1.29 is 9.53 Å². The molecule has 0 unspecified atom stereocenters. The number of rotatable bonds is 4. The van der Waals surface area contributed by atoms with Gasteiger partial charge in [0, 0.05) is 64.8 Å². The lowest BCUT2D eigenvalue weighted by atomic mass is 9.95. The molecule has 1 aromatic rings. The van der Waals surface area contributed by atoms with E-state index < -0.39 is 0 Å². The molecule has 3 aliphatic heterocycles. The van der Waals surface area contributed by atoms with E-state index in [0.29, 0.717) is 35.1 Å². The average Bonchev–Trinajstić information content (AvgIpc) is 3.27. The van der Waals surface area contributed by atoms with E-state index in [0.717, 1.165) is 62.2 Å². The van der Waals surface area contributed by atoms with Gasteiger partial charge in [0.1, 0.15) is 5.75 Å². The lowest BCUT2D eigenvalue weighted by Gasteiger charge is -2.39. The van der Waals surface area contributed by atoms with Gasteiger partial charge in [-0.1, -0.05) is 11.6 Å². The molecule has 32 heavy (non-hydrogen) atoms. The highest BCUT2D eigenvalue weighted by molar-refractivity contribution is 7.80. The second kappa shape index (κ2) is 10.0. The first-order chi connectivity index (χ1) is 15.3. The first-order valence-electron chi connectivity index (χ1n) is 11.6. The smallest absolute Gasteiger partial charge is 0.255 e. The van der Waals surface area contributed by atoms with Crippen molar-refractivity contribution in [1.29, 1.82) is 0 Å². The van der Waals surface area contributed by atoms with Gasteiger partial charge in [-0.15, -0.1) is 0 Å². The predicted octanol–water partition coefficient (Wildman–Crippen LogP) is 2.61. The zero-order valence-corrected chi connectivity index (χ0v) is 20.6. The van der Waals surface area contributed by atoms with Gasteiger partial charge in [-0.3, -0.25) is 4.79 Å². The Kier molecular flexibility index (Phi) is 7.32. The molecule has 2 fully saturated rings. The van der Waals surface area contributed by atoms with Crippen LogP contribution in [0.25, 0.3) is 0 Å². The number of amides is 1. The van der Waals surface area contributed by atoms with E-state index in [1.54, 1.807) is 6.07 Å². The molecule has 9 heteroatoms. The Labute approximate surface area is 201 Å². The topological polar surface area (TPSA) is 74.1 Å². The number of fused-ring (bicyclic) bond motifs is 1. The van der Waals surface area contributed by atoms with Gasteiger partial charge in [0.15, 0.2) is 5.11 Å². The number of likely N-dealkylation sites (tertiary alicyclic amines) is 2. The van der Waals surface area contributed by atoms with Crippen molar-refractivity contribution >= 4 is 40.5 Å². The zero-order chi connectivity index (χ0) is 22.8. The molecule has 0 aliphatic carbocycles. The van der Waals surface area contributed by atoms with Crippen LogP contribution < -0.4 is 15.8 Å². The number of nitrogens with zero attached hydrogens (tertiary/aromatic N) is 3. The molecule has 3 N–H and O–H groups in total. The number of anilines is 1. The van der Waals surface area contributed by atoms with Crippen LogP contribution in [0.2, 0.25) is 5.02 Å². The van der Waals surface area contributed by atoms with Crippen molar-refractivity contribution in [3.05, 3.63) is 22.2 Å². The van der Waals surface area contributed by atoms with Gasteiger partial charge in [0.2, 0.25) is 0 Å². The van der Waals surface area contributed by atoms with E-state index in [9.17, 15) is 4.79 Å². The Morgan fingerprint density at radius 3 is 2.59 bits per heavy atom. The number of piperidine rings is 2. The Hall–Kier alpha value is -1.77. The summed E-state index contributed by atoms with van der Waals surface area (Å²) in [4.78, 5) is 19.8. The zero-order valence-electron chi connectivity index (χ0n) is 19.0. The van der Waals surface area contributed by atoms with Gasteiger partial charge in [-0.2, -0.15) is 0 Å². The number of hydrogen-bond donors (Lipinski definition) is 2. The molecule has 176 valence electrons. The van der Waals surface area contributed by atoms with Crippen LogP contribution in [0, 0.1) is 5.92 Å². The maximum atomic E-state index is 12.9. The largest absolute Gasteiger partial charge is 0.492 e. The molecular formula is C23H34ClN5O2S. The molecule has 7 nitrogen and oxygen atoms in total. The highest BCUT2D eigenvalue weighted by atomic mass is 35.5. The molecule has 1 aromatic carbocycles. The number of nitrogens with one attached hydrogen (secondary N) is 1. The molecule has 0 bridgehead atoms. The highest BCUT2D eigenvalue weighted by Crippen LogP contribution is 2.38. The first kappa shape index (κ1) is 23.4. The van der Waals surface area contributed by atoms with Crippen molar-refractivity contribution in [2.45, 2.75) is 38.1 Å². The van der Waals surface area contributed by atoms with Crippen molar-refractivity contribution in [1.82, 2.24) is 20.0 Å². The summed E-state index contributed by atoms with van der Waals surface area (Å²) in [6.45, 7) is 5.79. The van der Waals surface area contributed by atoms with E-state index in [4.69, 9.17) is 34.3 Å². The summed E-state index contributed by atoms with van der Waals surface area (Å²) in [7, 11) is 4.03. The minimum atomic E-state index is -0.118. The van der Waals surface area contributed by atoms with Crippen LogP contribution in [0.15, 0.2) is 6.07 Å². The fourth-order valence-corrected chi connectivity index (χ4v) is 5.42. The van der Waals surface area contributed by atoms with Gasteiger partial charge in [0.25, 0.3) is 5.91 Å². The van der Waals surface area contributed by atoms with Crippen LogP contribution in [-0.2, 0) is 6.42 Å². The summed E-state index contributed by atoms with van der Waals surface area (Å²) in [5, 5.41) is 4.56. The van der Waals surface area contributed by atoms with Gasteiger partial charge in [-0.05, 0) is 49.9 Å². The summed E-state index contributed by atoms with van der Waals surface area (Å²) < 4.78 is 5.69. The minimum Gasteiger partial charge on any atom is -0.492 e. The van der Waals surface area contributed by atoms with Crippen molar-refractivity contribution in [2.24, 2.45) is 5.92 Å². The molecule has 1 amide bonds. The molecule has 2 saturated heterocycles. The Balaban J connectivity index is 1.24. The summed E-state index contributed by atoms with van der Waals surface area (Å²) in [6, 6.07) is 1.81. The number of hydrogen-bond acceptors (Lipinski definition) is 5. The second-order valence-electron chi connectivity index (χ2n) is 9.38. The number of nitrogen functional groups attached to an aromatic ring is 1.